The maximum atomic E-state index is 5.45. The molecule has 1 unspecified atom stereocenters. The predicted molar refractivity (Wildman–Crippen MR) is 84.4 cm³/mol. The highest BCUT2D eigenvalue weighted by Crippen LogP contribution is 1.98. The van der Waals surface area contributed by atoms with Gasteiger partial charge in [0.25, 0.3) is 0 Å². The van der Waals surface area contributed by atoms with Crippen molar-refractivity contribution in [2.24, 2.45) is 10.7 Å². The molecule has 0 saturated heterocycles. The summed E-state index contributed by atoms with van der Waals surface area (Å²) in [5.41, 5.74) is 6.51. The van der Waals surface area contributed by atoms with Gasteiger partial charge in [-0.3, -0.25) is 9.98 Å². The predicted octanol–water partition coefficient (Wildman–Crippen LogP) is 0.785. The van der Waals surface area contributed by atoms with Crippen LogP contribution in [0.4, 0.5) is 0 Å². The minimum Gasteiger partial charge on any atom is -0.376 e. The molecular formula is C13H21N5OS. The standard InChI is InChI=1S/C13H21N5OS/c1-10(19-2)17-13(18-12(14)20)16-9-5-7-11-6-3-4-8-15-11/h3-4,6,8,10H,5,7,9H2,1-2H3,(H4,14,16,17,18,20). The minimum atomic E-state index is -0.175. The van der Waals surface area contributed by atoms with E-state index in [2.05, 4.69) is 20.6 Å². The average molecular weight is 295 g/mol. The SMILES string of the molecule is COC(C)NC(=NCCCc1ccccn1)NC(N)=S. The molecule has 1 atom stereocenters. The number of nitrogens with zero attached hydrogens (tertiary/aromatic N) is 2. The van der Waals surface area contributed by atoms with Crippen LogP contribution >= 0.6 is 12.2 Å². The minimum absolute atomic E-state index is 0.171. The van der Waals surface area contributed by atoms with Crippen molar-refractivity contribution >= 4 is 23.3 Å². The molecule has 1 aromatic heterocycles. The Hall–Kier alpha value is -1.73. The lowest BCUT2D eigenvalue weighted by Crippen LogP contribution is -2.47. The molecule has 0 bridgehead atoms. The van der Waals surface area contributed by atoms with E-state index in [4.69, 9.17) is 22.7 Å². The van der Waals surface area contributed by atoms with Gasteiger partial charge < -0.3 is 21.1 Å². The molecule has 0 aliphatic rings. The molecule has 0 aliphatic heterocycles. The number of nitrogens with one attached hydrogen (secondary N) is 2. The highest BCUT2D eigenvalue weighted by Gasteiger charge is 2.04. The molecule has 0 radical (unpaired) electrons. The fraction of sp³-hybridized carbons (Fsp3) is 0.462. The number of pyridine rings is 1. The van der Waals surface area contributed by atoms with Crippen molar-refractivity contribution in [2.45, 2.75) is 26.0 Å². The third-order valence-corrected chi connectivity index (χ3v) is 2.62. The van der Waals surface area contributed by atoms with Crippen LogP contribution in [0.2, 0.25) is 0 Å². The van der Waals surface area contributed by atoms with Crippen LogP contribution in [0.1, 0.15) is 19.0 Å². The van der Waals surface area contributed by atoms with Crippen molar-refractivity contribution in [1.82, 2.24) is 15.6 Å². The van der Waals surface area contributed by atoms with Gasteiger partial charge in [0, 0.05) is 25.5 Å². The van der Waals surface area contributed by atoms with Gasteiger partial charge in [-0.2, -0.15) is 0 Å². The zero-order valence-corrected chi connectivity index (χ0v) is 12.6. The Labute approximate surface area is 124 Å². The molecule has 7 heteroatoms. The van der Waals surface area contributed by atoms with Crippen LogP contribution in [0.5, 0.6) is 0 Å². The number of methoxy groups -OCH3 is 1. The first-order chi connectivity index (χ1) is 9.61. The maximum Gasteiger partial charge on any atom is 0.199 e. The number of guanidine groups is 1. The molecule has 0 spiro atoms. The second kappa shape index (κ2) is 9.22. The summed E-state index contributed by atoms with van der Waals surface area (Å²) in [6, 6.07) is 5.89. The van der Waals surface area contributed by atoms with Crippen LogP contribution in [-0.2, 0) is 11.2 Å². The van der Waals surface area contributed by atoms with Crippen molar-refractivity contribution in [1.29, 1.82) is 0 Å². The Kier molecular flexibility index (Phi) is 7.52. The van der Waals surface area contributed by atoms with Crippen LogP contribution in [0.15, 0.2) is 29.4 Å². The van der Waals surface area contributed by atoms with Crippen molar-refractivity contribution in [2.75, 3.05) is 13.7 Å². The van der Waals surface area contributed by atoms with E-state index in [1.165, 1.54) is 0 Å². The van der Waals surface area contributed by atoms with Gasteiger partial charge in [0.15, 0.2) is 11.1 Å². The van der Waals surface area contributed by atoms with Crippen LogP contribution in [0.3, 0.4) is 0 Å². The first kappa shape index (κ1) is 16.3. The summed E-state index contributed by atoms with van der Waals surface area (Å²) in [5, 5.41) is 6.00. The normalized spacial score (nSPS) is 12.8. The first-order valence-corrected chi connectivity index (χ1v) is 6.82. The summed E-state index contributed by atoms with van der Waals surface area (Å²) in [5.74, 6) is 0.521. The molecule has 20 heavy (non-hydrogen) atoms. The van der Waals surface area contributed by atoms with Gasteiger partial charge in [-0.05, 0) is 44.1 Å². The molecule has 110 valence electrons. The molecule has 4 N–H and O–H groups in total. The number of nitrogens with two attached hydrogens (primary N) is 1. The van der Waals surface area contributed by atoms with Crippen molar-refractivity contribution in [3.8, 4) is 0 Å². The van der Waals surface area contributed by atoms with Gasteiger partial charge in [0.1, 0.15) is 6.23 Å². The van der Waals surface area contributed by atoms with E-state index in [0.717, 1.165) is 18.5 Å². The number of hydrogen-bond donors (Lipinski definition) is 3. The monoisotopic (exact) mass is 295 g/mol. The summed E-state index contributed by atoms with van der Waals surface area (Å²) < 4.78 is 5.11. The van der Waals surface area contributed by atoms with Gasteiger partial charge in [0.2, 0.25) is 0 Å². The zero-order chi connectivity index (χ0) is 14.8. The number of aryl methyl sites for hydroxylation is 1. The van der Waals surface area contributed by atoms with Crippen LogP contribution in [-0.4, -0.2) is 35.9 Å². The van der Waals surface area contributed by atoms with Crippen LogP contribution in [0, 0.1) is 0 Å². The maximum absolute atomic E-state index is 5.45. The molecule has 0 aliphatic carbocycles. The van der Waals surface area contributed by atoms with Crippen molar-refractivity contribution in [3.63, 3.8) is 0 Å². The van der Waals surface area contributed by atoms with Gasteiger partial charge in [-0.25, -0.2) is 0 Å². The Morgan fingerprint density at radius 3 is 2.95 bits per heavy atom. The Bertz CT molecular complexity index is 438. The number of aromatic nitrogens is 1. The molecule has 0 aromatic carbocycles. The smallest absolute Gasteiger partial charge is 0.199 e. The fourth-order valence-corrected chi connectivity index (χ4v) is 1.58. The zero-order valence-electron chi connectivity index (χ0n) is 11.8. The first-order valence-electron chi connectivity index (χ1n) is 6.42. The average Bonchev–Trinajstić information content (AvgIpc) is 2.43. The molecule has 0 fully saturated rings. The van der Waals surface area contributed by atoms with Gasteiger partial charge in [0.05, 0.1) is 0 Å². The lowest BCUT2D eigenvalue weighted by Gasteiger charge is -2.16. The van der Waals surface area contributed by atoms with E-state index in [1.54, 1.807) is 13.3 Å². The van der Waals surface area contributed by atoms with Crippen molar-refractivity contribution < 1.29 is 4.74 Å². The molecule has 1 heterocycles. The Morgan fingerprint density at radius 1 is 1.55 bits per heavy atom. The Morgan fingerprint density at radius 2 is 2.35 bits per heavy atom. The second-order valence-corrected chi connectivity index (χ2v) is 4.61. The highest BCUT2D eigenvalue weighted by molar-refractivity contribution is 7.80. The summed E-state index contributed by atoms with van der Waals surface area (Å²) >= 11 is 4.81. The van der Waals surface area contributed by atoms with Gasteiger partial charge in [-0.1, -0.05) is 6.07 Å². The van der Waals surface area contributed by atoms with E-state index < -0.39 is 0 Å². The largest absolute Gasteiger partial charge is 0.376 e. The molecular weight excluding hydrogens is 274 g/mol. The second-order valence-electron chi connectivity index (χ2n) is 4.17. The molecule has 6 nitrogen and oxygen atoms in total. The number of rotatable bonds is 6. The summed E-state index contributed by atoms with van der Waals surface area (Å²) in [4.78, 5) is 8.65. The Balaban J connectivity index is 2.43. The van der Waals surface area contributed by atoms with Gasteiger partial charge in [-0.15, -0.1) is 0 Å². The van der Waals surface area contributed by atoms with Gasteiger partial charge >= 0.3 is 0 Å². The third kappa shape index (κ3) is 7.01. The molecule has 1 rings (SSSR count). The van der Waals surface area contributed by atoms with Crippen LogP contribution < -0.4 is 16.4 Å². The number of hydrogen-bond acceptors (Lipinski definition) is 4. The van der Waals surface area contributed by atoms with Crippen molar-refractivity contribution in [3.05, 3.63) is 30.1 Å². The van der Waals surface area contributed by atoms with Crippen LogP contribution in [0.25, 0.3) is 0 Å². The number of aliphatic imine (C=N–C) groups is 1. The number of thiocarbonyl (C=S) groups is 1. The van der Waals surface area contributed by atoms with E-state index >= 15 is 0 Å². The quantitative estimate of drug-likeness (QED) is 0.236. The highest BCUT2D eigenvalue weighted by atomic mass is 32.1. The summed E-state index contributed by atoms with van der Waals surface area (Å²) in [7, 11) is 1.61. The summed E-state index contributed by atoms with van der Waals surface area (Å²) in [6.07, 6.45) is 3.39. The topological polar surface area (TPSA) is 84.6 Å². The van der Waals surface area contributed by atoms with E-state index in [-0.39, 0.29) is 11.3 Å². The number of ether oxygens (including phenoxy) is 1. The summed E-state index contributed by atoms with van der Waals surface area (Å²) in [6.45, 7) is 2.51. The lowest BCUT2D eigenvalue weighted by atomic mass is 10.2. The van der Waals surface area contributed by atoms with E-state index in [9.17, 15) is 0 Å². The molecule has 0 amide bonds. The van der Waals surface area contributed by atoms with E-state index in [0.29, 0.717) is 12.5 Å². The molecule has 1 aromatic rings. The lowest BCUT2D eigenvalue weighted by molar-refractivity contribution is 0.106. The third-order valence-electron chi connectivity index (χ3n) is 2.52. The van der Waals surface area contributed by atoms with E-state index in [1.807, 2.05) is 25.1 Å². The fourth-order valence-electron chi connectivity index (χ4n) is 1.49. The molecule has 0 saturated carbocycles.